The van der Waals surface area contributed by atoms with Gasteiger partial charge >= 0.3 is 0 Å². The number of rotatable bonds is 6. The fraction of sp³-hybridized carbons (Fsp3) is 0.333. The van der Waals surface area contributed by atoms with Crippen LogP contribution in [0.2, 0.25) is 0 Å². The largest absolute Gasteiger partial charge is 0.361 e. The number of nitrogens with zero attached hydrogens (tertiary/aromatic N) is 1. The maximum atomic E-state index is 11.9. The minimum atomic E-state index is -1.30. The lowest BCUT2D eigenvalue weighted by molar-refractivity contribution is -0.119. The molecule has 1 amide bonds. The predicted molar refractivity (Wildman–Crippen MR) is 81.0 cm³/mol. The second-order valence-electron chi connectivity index (χ2n) is 4.86. The molecule has 0 saturated heterocycles. The van der Waals surface area contributed by atoms with Crippen molar-refractivity contribution < 1.29 is 13.5 Å². The molecule has 1 N–H and O–H groups in total. The molecule has 1 heterocycles. The Kier molecular flexibility index (Phi) is 5.27. The maximum absolute atomic E-state index is 11.9. The van der Waals surface area contributed by atoms with Gasteiger partial charge in [-0.15, -0.1) is 0 Å². The fourth-order valence-electron chi connectivity index (χ4n) is 1.96. The zero-order chi connectivity index (χ0) is 15.2. The molecular formula is C15H18N2O3S. The van der Waals surface area contributed by atoms with E-state index in [1.54, 1.807) is 13.0 Å². The van der Waals surface area contributed by atoms with Crippen molar-refractivity contribution in [3.8, 4) is 0 Å². The summed E-state index contributed by atoms with van der Waals surface area (Å²) in [5, 5.41) is 6.61. The third-order valence-corrected chi connectivity index (χ3v) is 4.16. The summed E-state index contributed by atoms with van der Waals surface area (Å²) in [5.41, 5.74) is 1.62. The average Bonchev–Trinajstić information content (AvgIpc) is 2.84. The van der Waals surface area contributed by atoms with Crippen molar-refractivity contribution >= 4 is 16.7 Å². The Balaban J connectivity index is 1.82. The Morgan fingerprint density at radius 3 is 2.71 bits per heavy atom. The second-order valence-corrected chi connectivity index (χ2v) is 6.31. The molecule has 0 aliphatic carbocycles. The molecule has 0 saturated carbocycles. The molecule has 6 heteroatoms. The quantitative estimate of drug-likeness (QED) is 0.887. The van der Waals surface area contributed by atoms with E-state index < -0.39 is 10.8 Å². The van der Waals surface area contributed by atoms with Crippen molar-refractivity contribution in [1.29, 1.82) is 0 Å². The van der Waals surface area contributed by atoms with Gasteiger partial charge < -0.3 is 9.84 Å². The lowest BCUT2D eigenvalue weighted by Gasteiger charge is -2.13. The molecule has 5 nitrogen and oxygen atoms in total. The standard InChI is InChI=1S/C15H18N2O3S/c1-11-8-14(17-20-11)9-21(19)10-15(18)16-12(2)13-6-4-3-5-7-13/h3-8,12H,9-10H2,1-2H3,(H,16,18)/t12-,21+/m1/s1. The summed E-state index contributed by atoms with van der Waals surface area (Å²) in [6.07, 6.45) is 0. The van der Waals surface area contributed by atoms with Gasteiger partial charge in [0.15, 0.2) is 0 Å². The zero-order valence-corrected chi connectivity index (χ0v) is 12.9. The van der Waals surface area contributed by atoms with Crippen molar-refractivity contribution in [3.63, 3.8) is 0 Å². The number of carbonyl (C=O) groups is 1. The number of hydrogen-bond donors (Lipinski definition) is 1. The van der Waals surface area contributed by atoms with Gasteiger partial charge in [0.2, 0.25) is 5.91 Å². The number of amides is 1. The van der Waals surface area contributed by atoms with Crippen LogP contribution >= 0.6 is 0 Å². The van der Waals surface area contributed by atoms with Crippen LogP contribution in [0.25, 0.3) is 0 Å². The van der Waals surface area contributed by atoms with E-state index in [9.17, 15) is 9.00 Å². The Hall–Kier alpha value is -1.95. The molecule has 0 unspecified atom stereocenters. The van der Waals surface area contributed by atoms with Crippen LogP contribution < -0.4 is 5.32 Å². The van der Waals surface area contributed by atoms with Crippen LogP contribution in [-0.4, -0.2) is 21.0 Å². The first-order chi connectivity index (χ1) is 10.0. The highest BCUT2D eigenvalue weighted by molar-refractivity contribution is 7.84. The molecule has 0 aliphatic rings. The van der Waals surface area contributed by atoms with E-state index in [0.717, 1.165) is 5.56 Å². The lowest BCUT2D eigenvalue weighted by Crippen LogP contribution is -2.31. The highest BCUT2D eigenvalue weighted by Crippen LogP contribution is 2.11. The molecule has 112 valence electrons. The molecular weight excluding hydrogens is 288 g/mol. The highest BCUT2D eigenvalue weighted by atomic mass is 32.2. The van der Waals surface area contributed by atoms with E-state index >= 15 is 0 Å². The van der Waals surface area contributed by atoms with Gasteiger partial charge in [-0.2, -0.15) is 0 Å². The summed E-state index contributed by atoms with van der Waals surface area (Å²) in [6.45, 7) is 3.67. The van der Waals surface area contributed by atoms with Crippen LogP contribution in [0, 0.1) is 6.92 Å². The third kappa shape index (κ3) is 4.82. The van der Waals surface area contributed by atoms with E-state index in [1.165, 1.54) is 0 Å². The van der Waals surface area contributed by atoms with Crippen LogP contribution in [0.15, 0.2) is 40.9 Å². The minimum Gasteiger partial charge on any atom is -0.361 e. The number of benzene rings is 1. The topological polar surface area (TPSA) is 72.2 Å². The molecule has 2 atom stereocenters. The molecule has 0 spiro atoms. The van der Waals surface area contributed by atoms with E-state index in [2.05, 4.69) is 10.5 Å². The summed E-state index contributed by atoms with van der Waals surface area (Å²) >= 11 is 0. The third-order valence-electron chi connectivity index (χ3n) is 2.95. The molecule has 1 aromatic carbocycles. The van der Waals surface area contributed by atoms with Gasteiger partial charge in [0.05, 0.1) is 17.5 Å². The van der Waals surface area contributed by atoms with Gasteiger partial charge in [0.25, 0.3) is 0 Å². The number of hydrogen-bond acceptors (Lipinski definition) is 4. The zero-order valence-electron chi connectivity index (χ0n) is 12.0. The van der Waals surface area contributed by atoms with Gasteiger partial charge in [0, 0.05) is 16.9 Å². The molecule has 0 radical (unpaired) electrons. The molecule has 0 aliphatic heterocycles. The van der Waals surface area contributed by atoms with Gasteiger partial charge in [-0.25, -0.2) is 0 Å². The number of carbonyl (C=O) groups excluding carboxylic acids is 1. The fourth-order valence-corrected chi connectivity index (χ4v) is 2.90. The number of aryl methyl sites for hydroxylation is 1. The first-order valence-corrected chi connectivity index (χ1v) is 8.15. The highest BCUT2D eigenvalue weighted by Gasteiger charge is 2.14. The molecule has 2 rings (SSSR count). The van der Waals surface area contributed by atoms with E-state index in [0.29, 0.717) is 11.5 Å². The van der Waals surface area contributed by atoms with Gasteiger partial charge in [0.1, 0.15) is 11.5 Å². The van der Waals surface area contributed by atoms with Crippen LogP contribution in [0.3, 0.4) is 0 Å². The van der Waals surface area contributed by atoms with Crippen molar-refractivity contribution in [2.24, 2.45) is 0 Å². The lowest BCUT2D eigenvalue weighted by atomic mass is 10.1. The van der Waals surface area contributed by atoms with Crippen molar-refractivity contribution in [2.45, 2.75) is 25.6 Å². The Morgan fingerprint density at radius 2 is 2.10 bits per heavy atom. The van der Waals surface area contributed by atoms with E-state index in [4.69, 9.17) is 4.52 Å². The number of aromatic nitrogens is 1. The van der Waals surface area contributed by atoms with Crippen molar-refractivity contribution in [1.82, 2.24) is 10.5 Å². The smallest absolute Gasteiger partial charge is 0.233 e. The van der Waals surface area contributed by atoms with Gasteiger partial charge in [-0.1, -0.05) is 35.5 Å². The van der Waals surface area contributed by atoms with Crippen LogP contribution in [0.1, 0.15) is 30.0 Å². The molecule has 0 bridgehead atoms. The van der Waals surface area contributed by atoms with Crippen LogP contribution in [-0.2, 0) is 21.3 Å². The predicted octanol–water partition coefficient (Wildman–Crippen LogP) is 2.11. The molecule has 2 aromatic rings. The molecule has 1 aromatic heterocycles. The van der Waals surface area contributed by atoms with Crippen molar-refractivity contribution in [2.75, 3.05) is 5.75 Å². The minimum absolute atomic E-state index is 0.0386. The summed E-state index contributed by atoms with van der Waals surface area (Å²) in [7, 11) is -1.30. The second kappa shape index (κ2) is 7.17. The Labute approximate surface area is 126 Å². The van der Waals surface area contributed by atoms with E-state index in [1.807, 2.05) is 37.3 Å². The monoisotopic (exact) mass is 306 g/mol. The summed E-state index contributed by atoms with van der Waals surface area (Å²) in [6, 6.07) is 11.3. The van der Waals surface area contributed by atoms with Crippen molar-refractivity contribution in [3.05, 3.63) is 53.4 Å². The first kappa shape index (κ1) is 15.4. The molecule has 0 fully saturated rings. The summed E-state index contributed by atoms with van der Waals surface area (Å²) < 4.78 is 16.8. The SMILES string of the molecule is Cc1cc(C[S@](=O)CC(=O)N[C@H](C)c2ccccc2)no1. The molecule has 21 heavy (non-hydrogen) atoms. The Bertz CT molecular complexity index is 625. The first-order valence-electron chi connectivity index (χ1n) is 6.66. The maximum Gasteiger partial charge on any atom is 0.233 e. The van der Waals surface area contributed by atoms with Crippen LogP contribution in [0.4, 0.5) is 0 Å². The Morgan fingerprint density at radius 1 is 1.38 bits per heavy atom. The summed E-state index contributed by atoms with van der Waals surface area (Å²) in [5.74, 6) is 0.627. The summed E-state index contributed by atoms with van der Waals surface area (Å²) in [4.78, 5) is 11.9. The normalized spacial score (nSPS) is 13.6. The number of nitrogens with one attached hydrogen (secondary N) is 1. The van der Waals surface area contributed by atoms with Gasteiger partial charge in [-0.05, 0) is 19.4 Å². The van der Waals surface area contributed by atoms with Crippen LogP contribution in [0.5, 0.6) is 0 Å². The van der Waals surface area contributed by atoms with E-state index in [-0.39, 0.29) is 23.5 Å². The van der Waals surface area contributed by atoms with Gasteiger partial charge in [-0.3, -0.25) is 9.00 Å². The average molecular weight is 306 g/mol.